The van der Waals surface area contributed by atoms with Crippen LogP contribution in [0.4, 0.5) is 5.00 Å². The maximum atomic E-state index is 12.6. The van der Waals surface area contributed by atoms with E-state index >= 15 is 0 Å². The average Bonchev–Trinajstić information content (AvgIpc) is 3.38. The monoisotopic (exact) mass is 489 g/mol. The maximum Gasteiger partial charge on any atom is 0.341 e. The highest BCUT2D eigenvalue weighted by Gasteiger charge is 2.27. The molecule has 3 aromatic rings. The Morgan fingerprint density at radius 3 is 2.81 bits per heavy atom. The molecule has 0 fully saturated rings. The summed E-state index contributed by atoms with van der Waals surface area (Å²) in [5.74, 6) is 0.295. The molecule has 166 valence electrons. The highest BCUT2D eigenvalue weighted by molar-refractivity contribution is 7.17. The Hall–Kier alpha value is -2.54. The SMILES string of the molecule is CCOC(=O)c1c(NC(=O)C=Cc2ccc(-c3cccc(Cl)c3Cl)o2)sc2c1CCCC2. The molecule has 0 spiro atoms. The number of benzene rings is 1. The molecule has 0 saturated heterocycles. The molecular weight excluding hydrogens is 469 g/mol. The largest absolute Gasteiger partial charge is 0.462 e. The van der Waals surface area contributed by atoms with Crippen LogP contribution in [-0.2, 0) is 22.4 Å². The molecule has 5 nitrogen and oxygen atoms in total. The smallest absolute Gasteiger partial charge is 0.341 e. The third kappa shape index (κ3) is 4.77. The number of esters is 1. The number of aryl methyl sites for hydroxylation is 1. The zero-order valence-corrected chi connectivity index (χ0v) is 19.7. The van der Waals surface area contributed by atoms with Gasteiger partial charge in [0.25, 0.3) is 0 Å². The Morgan fingerprint density at radius 1 is 1.19 bits per heavy atom. The summed E-state index contributed by atoms with van der Waals surface area (Å²) in [7, 11) is 0. The molecule has 0 aliphatic heterocycles. The molecule has 1 N–H and O–H groups in total. The molecule has 0 unspecified atom stereocenters. The second kappa shape index (κ2) is 9.94. The highest BCUT2D eigenvalue weighted by atomic mass is 35.5. The second-order valence-electron chi connectivity index (χ2n) is 7.26. The minimum atomic E-state index is -0.389. The fraction of sp³-hybridized carbons (Fsp3) is 0.250. The van der Waals surface area contributed by atoms with E-state index in [0.29, 0.717) is 37.7 Å². The number of carbonyl (C=O) groups excluding carboxylic acids is 2. The van der Waals surface area contributed by atoms with E-state index in [4.69, 9.17) is 32.4 Å². The van der Waals surface area contributed by atoms with Gasteiger partial charge in [0.1, 0.15) is 16.5 Å². The van der Waals surface area contributed by atoms with Crippen molar-refractivity contribution >= 4 is 57.5 Å². The number of amides is 1. The van der Waals surface area contributed by atoms with Gasteiger partial charge in [0.15, 0.2) is 0 Å². The Balaban J connectivity index is 1.51. The van der Waals surface area contributed by atoms with Crippen LogP contribution >= 0.6 is 34.5 Å². The van der Waals surface area contributed by atoms with Gasteiger partial charge >= 0.3 is 5.97 Å². The first-order valence-corrected chi connectivity index (χ1v) is 11.9. The summed E-state index contributed by atoms with van der Waals surface area (Å²) in [5, 5.41) is 4.23. The summed E-state index contributed by atoms with van der Waals surface area (Å²) in [6.07, 6.45) is 6.79. The minimum Gasteiger partial charge on any atom is -0.462 e. The van der Waals surface area contributed by atoms with Crippen LogP contribution in [0.1, 0.15) is 46.3 Å². The molecule has 8 heteroatoms. The van der Waals surface area contributed by atoms with Crippen molar-refractivity contribution in [1.82, 2.24) is 0 Å². The Kier molecular flexibility index (Phi) is 7.04. The number of ether oxygens (including phenoxy) is 1. The molecule has 4 rings (SSSR count). The van der Waals surface area contributed by atoms with E-state index in [1.165, 1.54) is 17.4 Å². The topological polar surface area (TPSA) is 68.5 Å². The van der Waals surface area contributed by atoms with Crippen LogP contribution in [0.2, 0.25) is 10.0 Å². The molecule has 0 radical (unpaired) electrons. The summed E-state index contributed by atoms with van der Waals surface area (Å²) >= 11 is 13.8. The summed E-state index contributed by atoms with van der Waals surface area (Å²) < 4.78 is 11.0. The molecule has 1 aromatic carbocycles. The molecule has 1 aliphatic carbocycles. The van der Waals surface area contributed by atoms with Gasteiger partial charge < -0.3 is 14.5 Å². The summed E-state index contributed by atoms with van der Waals surface area (Å²) in [4.78, 5) is 26.3. The normalized spacial score (nSPS) is 13.2. The van der Waals surface area contributed by atoms with Crippen molar-refractivity contribution in [1.29, 1.82) is 0 Å². The predicted octanol–water partition coefficient (Wildman–Crippen LogP) is 7.02. The Morgan fingerprint density at radius 2 is 2.00 bits per heavy atom. The van der Waals surface area contributed by atoms with Gasteiger partial charge in [-0.25, -0.2) is 4.79 Å². The summed E-state index contributed by atoms with van der Waals surface area (Å²) in [6, 6.07) is 8.81. The molecule has 1 aliphatic rings. The molecule has 0 saturated carbocycles. The van der Waals surface area contributed by atoms with Gasteiger partial charge in [0.2, 0.25) is 5.91 Å². The number of thiophene rings is 1. The summed E-state index contributed by atoms with van der Waals surface area (Å²) in [6.45, 7) is 2.06. The molecule has 0 bridgehead atoms. The molecule has 32 heavy (non-hydrogen) atoms. The zero-order chi connectivity index (χ0) is 22.7. The van der Waals surface area contributed by atoms with E-state index in [1.54, 1.807) is 37.3 Å². The highest BCUT2D eigenvalue weighted by Crippen LogP contribution is 2.39. The van der Waals surface area contributed by atoms with Crippen LogP contribution in [-0.4, -0.2) is 18.5 Å². The van der Waals surface area contributed by atoms with Gasteiger partial charge in [-0.15, -0.1) is 11.3 Å². The maximum absolute atomic E-state index is 12.6. The third-order valence-corrected chi connectivity index (χ3v) is 7.16. The van der Waals surface area contributed by atoms with Crippen molar-refractivity contribution in [2.45, 2.75) is 32.6 Å². The van der Waals surface area contributed by atoms with E-state index in [0.717, 1.165) is 36.1 Å². The summed E-state index contributed by atoms with van der Waals surface area (Å²) in [5.41, 5.74) is 2.17. The standard InChI is InChI=1S/C24H21Cl2NO4S/c1-2-30-24(29)21-16-6-3-4-9-19(16)32-23(21)27-20(28)13-11-14-10-12-18(31-14)15-7-5-8-17(25)22(15)26/h5,7-8,10-13H,2-4,6,9H2,1H3,(H,27,28). The third-order valence-electron chi connectivity index (χ3n) is 5.13. The number of rotatable bonds is 6. The van der Waals surface area contributed by atoms with Gasteiger partial charge in [-0.3, -0.25) is 4.79 Å². The van der Waals surface area contributed by atoms with Crippen molar-refractivity contribution in [3.05, 3.63) is 68.2 Å². The lowest BCUT2D eigenvalue weighted by Gasteiger charge is -2.12. The van der Waals surface area contributed by atoms with E-state index in [-0.39, 0.29) is 18.5 Å². The molecule has 2 aromatic heterocycles. The van der Waals surface area contributed by atoms with E-state index in [1.807, 2.05) is 6.07 Å². The van der Waals surface area contributed by atoms with Gasteiger partial charge in [0.05, 0.1) is 22.2 Å². The molecule has 2 heterocycles. The van der Waals surface area contributed by atoms with Gasteiger partial charge in [0, 0.05) is 16.5 Å². The lowest BCUT2D eigenvalue weighted by atomic mass is 9.95. The first-order chi connectivity index (χ1) is 15.5. The quantitative estimate of drug-likeness (QED) is 0.298. The van der Waals surface area contributed by atoms with E-state index < -0.39 is 0 Å². The van der Waals surface area contributed by atoms with Crippen molar-refractivity contribution in [3.8, 4) is 11.3 Å². The number of hydrogen-bond donors (Lipinski definition) is 1. The predicted molar refractivity (Wildman–Crippen MR) is 129 cm³/mol. The Labute approximate surface area is 200 Å². The second-order valence-corrected chi connectivity index (χ2v) is 9.15. The molecule has 0 atom stereocenters. The first kappa shape index (κ1) is 22.6. The number of anilines is 1. The van der Waals surface area contributed by atoms with Crippen LogP contribution in [0.3, 0.4) is 0 Å². The average molecular weight is 490 g/mol. The fourth-order valence-electron chi connectivity index (χ4n) is 3.67. The molecular formula is C24H21Cl2NO4S. The Bertz CT molecular complexity index is 1190. The number of nitrogens with one attached hydrogen (secondary N) is 1. The van der Waals surface area contributed by atoms with Crippen LogP contribution in [0, 0.1) is 0 Å². The van der Waals surface area contributed by atoms with Crippen LogP contribution in [0.5, 0.6) is 0 Å². The number of fused-ring (bicyclic) bond motifs is 1. The number of hydrogen-bond acceptors (Lipinski definition) is 5. The minimum absolute atomic E-state index is 0.286. The first-order valence-electron chi connectivity index (χ1n) is 10.3. The number of carbonyl (C=O) groups is 2. The van der Waals surface area contributed by atoms with Gasteiger partial charge in [-0.05, 0) is 68.5 Å². The zero-order valence-electron chi connectivity index (χ0n) is 17.4. The van der Waals surface area contributed by atoms with Crippen LogP contribution in [0.25, 0.3) is 17.4 Å². The number of halogens is 2. The van der Waals surface area contributed by atoms with Crippen molar-refractivity contribution < 1.29 is 18.7 Å². The van der Waals surface area contributed by atoms with E-state index in [2.05, 4.69) is 5.32 Å². The fourth-order valence-corrected chi connectivity index (χ4v) is 5.34. The van der Waals surface area contributed by atoms with Crippen molar-refractivity contribution in [3.63, 3.8) is 0 Å². The number of furan rings is 1. The van der Waals surface area contributed by atoms with Crippen molar-refractivity contribution in [2.24, 2.45) is 0 Å². The molecule has 1 amide bonds. The van der Waals surface area contributed by atoms with Gasteiger partial charge in [-0.2, -0.15) is 0 Å². The van der Waals surface area contributed by atoms with E-state index in [9.17, 15) is 9.59 Å². The van der Waals surface area contributed by atoms with Crippen LogP contribution in [0.15, 0.2) is 40.8 Å². The lowest BCUT2D eigenvalue weighted by molar-refractivity contribution is -0.111. The lowest BCUT2D eigenvalue weighted by Crippen LogP contribution is -2.14. The van der Waals surface area contributed by atoms with Crippen LogP contribution < -0.4 is 5.32 Å². The van der Waals surface area contributed by atoms with Crippen molar-refractivity contribution in [2.75, 3.05) is 11.9 Å². The van der Waals surface area contributed by atoms with Gasteiger partial charge in [-0.1, -0.05) is 29.3 Å².